The number of alkyl halides is 3. The van der Waals surface area contributed by atoms with Gasteiger partial charge in [-0.05, 0) is 17.7 Å². The van der Waals surface area contributed by atoms with Gasteiger partial charge in [-0.1, -0.05) is 28.1 Å². The zero-order valence-corrected chi connectivity index (χ0v) is 15.3. The number of carbonyl (C=O) groups is 1. The third kappa shape index (κ3) is 4.09. The van der Waals surface area contributed by atoms with Gasteiger partial charge in [0, 0.05) is 24.6 Å². The smallest absolute Gasteiger partial charge is 0.330 e. The maximum Gasteiger partial charge on any atom is 0.413 e. The molecule has 24 heavy (non-hydrogen) atoms. The second-order valence-electron chi connectivity index (χ2n) is 5.72. The van der Waals surface area contributed by atoms with Crippen LogP contribution < -0.4 is 0 Å². The molecule has 0 bridgehead atoms. The Morgan fingerprint density at radius 1 is 1.29 bits per heavy atom. The summed E-state index contributed by atoms with van der Waals surface area (Å²) < 4.78 is 64.7. The van der Waals surface area contributed by atoms with E-state index in [1.54, 1.807) is 0 Å². The van der Waals surface area contributed by atoms with Crippen LogP contribution in [-0.2, 0) is 14.8 Å². The second-order valence-corrected chi connectivity index (χ2v) is 8.62. The van der Waals surface area contributed by atoms with Crippen LogP contribution in [0.5, 0.6) is 0 Å². The molecule has 0 unspecified atom stereocenters. The van der Waals surface area contributed by atoms with E-state index in [0.717, 1.165) is 17.6 Å². The molecule has 134 valence electrons. The average molecular weight is 429 g/mol. The summed E-state index contributed by atoms with van der Waals surface area (Å²) in [5, 5.41) is 0. The van der Waals surface area contributed by atoms with E-state index in [1.165, 1.54) is 24.3 Å². The van der Waals surface area contributed by atoms with E-state index < -0.39 is 34.1 Å². The molecule has 1 atom stereocenters. The Hall–Kier alpha value is -1.13. The van der Waals surface area contributed by atoms with Crippen LogP contribution in [0.15, 0.2) is 28.7 Å². The first-order chi connectivity index (χ1) is 10.9. The molecule has 0 aromatic heterocycles. The van der Waals surface area contributed by atoms with Gasteiger partial charge in [0.25, 0.3) is 0 Å². The van der Waals surface area contributed by atoms with Gasteiger partial charge in [-0.2, -0.15) is 13.2 Å². The highest BCUT2D eigenvalue weighted by molar-refractivity contribution is 9.10. The molecule has 0 radical (unpaired) electrons. The lowest BCUT2D eigenvalue weighted by atomic mass is 9.98. The summed E-state index contributed by atoms with van der Waals surface area (Å²) >= 11 is 3.16. The van der Waals surface area contributed by atoms with Crippen molar-refractivity contribution in [1.29, 1.82) is 0 Å². The molecule has 5 nitrogen and oxygen atoms in total. The van der Waals surface area contributed by atoms with Crippen LogP contribution >= 0.6 is 15.9 Å². The van der Waals surface area contributed by atoms with Crippen molar-refractivity contribution < 1.29 is 26.4 Å². The van der Waals surface area contributed by atoms with Crippen molar-refractivity contribution >= 4 is 31.9 Å². The van der Waals surface area contributed by atoms with Crippen molar-refractivity contribution in [1.82, 2.24) is 9.21 Å². The quantitative estimate of drug-likeness (QED) is 0.739. The molecular formula is C14H16BrF3N2O3S. The average Bonchev–Trinajstić information content (AvgIpc) is 2.36. The first-order valence-corrected chi connectivity index (χ1v) is 9.59. The van der Waals surface area contributed by atoms with Crippen molar-refractivity contribution in [3.05, 3.63) is 34.3 Å². The van der Waals surface area contributed by atoms with Gasteiger partial charge in [-0.3, -0.25) is 4.79 Å². The van der Waals surface area contributed by atoms with Crippen LogP contribution in [0.4, 0.5) is 13.2 Å². The monoisotopic (exact) mass is 428 g/mol. The minimum Gasteiger partial charge on any atom is -0.330 e. The molecule has 0 aliphatic carbocycles. The molecule has 1 amide bonds. The summed E-state index contributed by atoms with van der Waals surface area (Å²) in [5.41, 5.74) is -0.0548. The zero-order chi connectivity index (χ0) is 18.3. The van der Waals surface area contributed by atoms with Crippen molar-refractivity contribution in [2.45, 2.75) is 12.2 Å². The van der Waals surface area contributed by atoms with E-state index >= 15 is 0 Å². The molecule has 1 aromatic rings. The standard InChI is InChI=1S/C14H16BrF3N2O3S/c1-19(13(21)10-7-20(8-10)24(2,22)23)12(14(16,17)18)9-3-5-11(15)6-4-9/h3-6,10,12H,7-8H2,1-2H3/t12-/m0/s1. The summed E-state index contributed by atoms with van der Waals surface area (Å²) in [5.74, 6) is -1.48. The number of rotatable bonds is 4. The van der Waals surface area contributed by atoms with Crippen LogP contribution in [-0.4, -0.2) is 56.1 Å². The van der Waals surface area contributed by atoms with Crippen LogP contribution in [0.2, 0.25) is 0 Å². The fraction of sp³-hybridized carbons (Fsp3) is 0.500. The predicted molar refractivity (Wildman–Crippen MR) is 85.6 cm³/mol. The van der Waals surface area contributed by atoms with Crippen LogP contribution in [0.1, 0.15) is 11.6 Å². The van der Waals surface area contributed by atoms with Crippen molar-refractivity contribution in [2.75, 3.05) is 26.4 Å². The van der Waals surface area contributed by atoms with Gasteiger partial charge in [0.1, 0.15) is 0 Å². The normalized spacial score (nSPS) is 18.1. The molecular weight excluding hydrogens is 413 g/mol. The molecule has 1 aliphatic rings. The Balaban J connectivity index is 2.19. The molecule has 1 heterocycles. The minimum atomic E-state index is -4.64. The largest absolute Gasteiger partial charge is 0.413 e. The highest BCUT2D eigenvalue weighted by Crippen LogP contribution is 2.38. The number of carbonyl (C=O) groups excluding carboxylic acids is 1. The Morgan fingerprint density at radius 2 is 1.79 bits per heavy atom. The lowest BCUT2D eigenvalue weighted by molar-refractivity contribution is -0.191. The van der Waals surface area contributed by atoms with E-state index in [4.69, 9.17) is 0 Å². The number of sulfonamides is 1. The second kappa shape index (κ2) is 6.64. The Morgan fingerprint density at radius 3 is 2.21 bits per heavy atom. The lowest BCUT2D eigenvalue weighted by Gasteiger charge is -2.40. The predicted octanol–water partition coefficient (Wildman–Crippen LogP) is 2.40. The molecule has 1 aromatic carbocycles. The van der Waals surface area contributed by atoms with Gasteiger partial charge in [0.05, 0.1) is 12.2 Å². The first kappa shape index (κ1) is 19.2. The third-order valence-corrected chi connectivity index (χ3v) is 5.66. The zero-order valence-electron chi connectivity index (χ0n) is 12.9. The SMILES string of the molecule is CN(C(=O)C1CN(S(C)(=O)=O)C1)[C@@H](c1ccc(Br)cc1)C(F)(F)F. The number of nitrogens with zero attached hydrogens (tertiary/aromatic N) is 2. The Bertz CT molecular complexity index is 716. The van der Waals surface area contributed by atoms with E-state index in [9.17, 15) is 26.4 Å². The number of amides is 1. The molecule has 10 heteroatoms. The van der Waals surface area contributed by atoms with Gasteiger partial charge in [0.15, 0.2) is 6.04 Å². The minimum absolute atomic E-state index is 0.0548. The molecule has 0 spiro atoms. The number of halogens is 4. The van der Waals surface area contributed by atoms with Crippen molar-refractivity contribution in [3.63, 3.8) is 0 Å². The summed E-state index contributed by atoms with van der Waals surface area (Å²) in [6.07, 6.45) is -3.64. The van der Waals surface area contributed by atoms with E-state index in [1.807, 2.05) is 0 Å². The van der Waals surface area contributed by atoms with Gasteiger partial charge in [-0.25, -0.2) is 12.7 Å². The fourth-order valence-electron chi connectivity index (χ4n) is 2.56. The van der Waals surface area contributed by atoms with Crippen LogP contribution in [0.3, 0.4) is 0 Å². The van der Waals surface area contributed by atoms with Crippen molar-refractivity contribution in [2.24, 2.45) is 5.92 Å². The molecule has 0 saturated carbocycles. The van der Waals surface area contributed by atoms with Gasteiger partial charge >= 0.3 is 6.18 Å². The summed E-state index contributed by atoms with van der Waals surface area (Å²) in [7, 11) is -2.34. The molecule has 1 fully saturated rings. The highest BCUT2D eigenvalue weighted by Gasteiger charge is 2.48. The van der Waals surface area contributed by atoms with E-state index in [2.05, 4.69) is 15.9 Å². The Kier molecular flexibility index (Phi) is 5.31. The maximum absolute atomic E-state index is 13.5. The fourth-order valence-corrected chi connectivity index (χ4v) is 3.72. The van der Waals surface area contributed by atoms with Gasteiger partial charge < -0.3 is 4.90 Å². The van der Waals surface area contributed by atoms with Gasteiger partial charge in [-0.15, -0.1) is 0 Å². The third-order valence-electron chi connectivity index (χ3n) is 3.90. The molecule has 0 N–H and O–H groups in total. The first-order valence-electron chi connectivity index (χ1n) is 6.95. The highest BCUT2D eigenvalue weighted by atomic mass is 79.9. The topological polar surface area (TPSA) is 57.7 Å². The van der Waals surface area contributed by atoms with E-state index in [-0.39, 0.29) is 18.7 Å². The summed E-state index contributed by atoms with van der Waals surface area (Å²) in [6.45, 7) is -0.181. The van der Waals surface area contributed by atoms with Gasteiger partial charge in [0.2, 0.25) is 15.9 Å². The summed E-state index contributed by atoms with van der Waals surface area (Å²) in [6, 6.07) is 3.47. The number of hydrogen-bond acceptors (Lipinski definition) is 3. The van der Waals surface area contributed by atoms with Crippen LogP contribution in [0.25, 0.3) is 0 Å². The lowest BCUT2D eigenvalue weighted by Crippen LogP contribution is -2.56. The number of hydrogen-bond donors (Lipinski definition) is 0. The molecule has 1 saturated heterocycles. The Labute approximate surface area is 146 Å². The van der Waals surface area contributed by atoms with Crippen LogP contribution in [0, 0.1) is 5.92 Å². The summed E-state index contributed by atoms with van der Waals surface area (Å²) in [4.78, 5) is 13.0. The number of benzene rings is 1. The molecule has 1 aliphatic heterocycles. The van der Waals surface area contributed by atoms with Crippen molar-refractivity contribution in [3.8, 4) is 0 Å². The molecule has 2 rings (SSSR count). The maximum atomic E-state index is 13.5. The van der Waals surface area contributed by atoms with E-state index in [0.29, 0.717) is 9.37 Å².